The Bertz CT molecular complexity index is 628. The molecule has 0 aliphatic rings. The van der Waals surface area contributed by atoms with Crippen LogP contribution in [0.3, 0.4) is 0 Å². The zero-order valence-electron chi connectivity index (χ0n) is 9.54. The summed E-state index contributed by atoms with van der Waals surface area (Å²) in [5.41, 5.74) is 0.244. The quantitative estimate of drug-likeness (QED) is 0.690. The molecule has 1 heterocycles. The van der Waals surface area contributed by atoms with Crippen molar-refractivity contribution < 1.29 is 9.72 Å². The van der Waals surface area contributed by atoms with Gasteiger partial charge in [0.05, 0.1) is 4.92 Å². The number of carbonyl (C=O) groups is 1. The summed E-state index contributed by atoms with van der Waals surface area (Å²) in [5.74, 6) is -0.153. The molecule has 1 aromatic carbocycles. The third-order valence-corrected chi connectivity index (χ3v) is 2.52. The predicted molar refractivity (Wildman–Crippen MR) is 70.3 cm³/mol. The molecular weight excluding hydrogens is 270 g/mol. The van der Waals surface area contributed by atoms with Gasteiger partial charge in [-0.05, 0) is 24.3 Å². The van der Waals surface area contributed by atoms with Gasteiger partial charge in [-0.2, -0.15) is 0 Å². The lowest BCUT2D eigenvalue weighted by Crippen LogP contribution is -2.12. The first-order chi connectivity index (χ1) is 9.06. The van der Waals surface area contributed by atoms with E-state index in [0.29, 0.717) is 10.6 Å². The van der Waals surface area contributed by atoms with Crippen LogP contribution in [0.4, 0.5) is 11.5 Å². The number of pyridine rings is 1. The van der Waals surface area contributed by atoms with E-state index < -0.39 is 4.92 Å². The van der Waals surface area contributed by atoms with Crippen LogP contribution in [0.25, 0.3) is 0 Å². The average Bonchev–Trinajstić information content (AvgIpc) is 2.39. The van der Waals surface area contributed by atoms with E-state index >= 15 is 0 Å². The van der Waals surface area contributed by atoms with E-state index in [1.54, 1.807) is 18.2 Å². The number of carbonyl (C=O) groups excluding carboxylic acids is 1. The van der Waals surface area contributed by atoms with Gasteiger partial charge < -0.3 is 5.32 Å². The van der Waals surface area contributed by atoms with Crippen LogP contribution in [0.1, 0.15) is 10.4 Å². The Morgan fingerprint density at radius 1 is 1.32 bits per heavy atom. The Labute approximate surface area is 113 Å². The highest BCUT2D eigenvalue weighted by Gasteiger charge is 2.09. The Kier molecular flexibility index (Phi) is 3.72. The first kappa shape index (κ1) is 13.0. The molecule has 0 saturated carbocycles. The molecule has 6 nitrogen and oxygen atoms in total. The highest BCUT2D eigenvalue weighted by molar-refractivity contribution is 6.31. The molecule has 19 heavy (non-hydrogen) atoms. The van der Waals surface area contributed by atoms with Gasteiger partial charge in [-0.3, -0.25) is 14.9 Å². The van der Waals surface area contributed by atoms with Gasteiger partial charge in [0.2, 0.25) is 0 Å². The van der Waals surface area contributed by atoms with E-state index in [9.17, 15) is 14.9 Å². The van der Waals surface area contributed by atoms with Crippen LogP contribution in [-0.4, -0.2) is 15.8 Å². The summed E-state index contributed by atoms with van der Waals surface area (Å²) < 4.78 is 0. The third kappa shape index (κ3) is 3.26. The number of nitrogens with one attached hydrogen (secondary N) is 1. The van der Waals surface area contributed by atoms with E-state index in [4.69, 9.17) is 11.6 Å². The van der Waals surface area contributed by atoms with Crippen LogP contribution in [0.2, 0.25) is 5.02 Å². The van der Waals surface area contributed by atoms with E-state index in [1.807, 2.05) is 0 Å². The van der Waals surface area contributed by atoms with Gasteiger partial charge in [0.15, 0.2) is 0 Å². The molecule has 1 N–H and O–H groups in total. The molecule has 0 fully saturated rings. The molecule has 0 atom stereocenters. The lowest BCUT2D eigenvalue weighted by molar-refractivity contribution is -0.385. The van der Waals surface area contributed by atoms with Crippen LogP contribution < -0.4 is 5.32 Å². The highest BCUT2D eigenvalue weighted by Crippen LogP contribution is 2.14. The minimum absolute atomic E-state index is 0.138. The van der Waals surface area contributed by atoms with Crippen molar-refractivity contribution in [2.24, 2.45) is 0 Å². The van der Waals surface area contributed by atoms with Gasteiger partial charge in [-0.25, -0.2) is 4.98 Å². The van der Waals surface area contributed by atoms with E-state index in [1.165, 1.54) is 18.2 Å². The largest absolute Gasteiger partial charge is 0.307 e. The summed E-state index contributed by atoms with van der Waals surface area (Å²) in [6, 6.07) is 9.05. The number of hydrogen-bond donors (Lipinski definition) is 1. The fourth-order valence-electron chi connectivity index (χ4n) is 1.39. The lowest BCUT2D eigenvalue weighted by Gasteiger charge is -2.04. The topological polar surface area (TPSA) is 85.1 Å². The van der Waals surface area contributed by atoms with Crippen LogP contribution in [0, 0.1) is 10.1 Å². The zero-order valence-corrected chi connectivity index (χ0v) is 10.3. The summed E-state index contributed by atoms with van der Waals surface area (Å²) in [6.07, 6.45) is 1.08. The Hall–Kier alpha value is -2.47. The van der Waals surface area contributed by atoms with E-state index in [-0.39, 0.29) is 17.4 Å². The molecule has 2 rings (SSSR count). The molecule has 0 spiro atoms. The number of halogens is 1. The van der Waals surface area contributed by atoms with Crippen molar-refractivity contribution in [1.29, 1.82) is 0 Å². The summed E-state index contributed by atoms with van der Waals surface area (Å²) >= 11 is 5.78. The first-order valence-electron chi connectivity index (χ1n) is 5.23. The Balaban J connectivity index is 2.13. The standard InChI is InChI=1S/C12H8ClN3O3/c13-9-3-1-2-8(6-9)12(17)15-11-5-4-10(7-14-11)16(18)19/h1-7H,(H,14,15,17). The second-order valence-corrected chi connectivity index (χ2v) is 4.06. The number of nitrogens with zero attached hydrogens (tertiary/aromatic N) is 2. The first-order valence-corrected chi connectivity index (χ1v) is 5.61. The smallest absolute Gasteiger partial charge is 0.287 e. The van der Waals surface area contributed by atoms with Crippen molar-refractivity contribution in [2.45, 2.75) is 0 Å². The van der Waals surface area contributed by atoms with Crippen LogP contribution in [0.15, 0.2) is 42.6 Å². The van der Waals surface area contributed by atoms with Gasteiger partial charge >= 0.3 is 0 Å². The number of hydrogen-bond acceptors (Lipinski definition) is 4. The number of rotatable bonds is 3. The average molecular weight is 278 g/mol. The van der Waals surface area contributed by atoms with Crippen molar-refractivity contribution in [3.63, 3.8) is 0 Å². The second kappa shape index (κ2) is 5.45. The number of nitro groups is 1. The predicted octanol–water partition coefficient (Wildman–Crippen LogP) is 2.90. The maximum absolute atomic E-state index is 11.8. The third-order valence-electron chi connectivity index (χ3n) is 2.29. The molecule has 0 saturated heterocycles. The highest BCUT2D eigenvalue weighted by atomic mass is 35.5. The maximum atomic E-state index is 11.8. The van der Waals surface area contributed by atoms with Crippen molar-refractivity contribution in [3.05, 3.63) is 63.3 Å². The van der Waals surface area contributed by atoms with Gasteiger partial charge in [0, 0.05) is 16.7 Å². The minimum atomic E-state index is -0.560. The van der Waals surface area contributed by atoms with E-state index in [0.717, 1.165) is 6.20 Å². The second-order valence-electron chi connectivity index (χ2n) is 3.62. The van der Waals surface area contributed by atoms with Crippen molar-refractivity contribution in [3.8, 4) is 0 Å². The fourth-order valence-corrected chi connectivity index (χ4v) is 1.58. The Morgan fingerprint density at radius 3 is 2.68 bits per heavy atom. The number of anilines is 1. The summed E-state index contributed by atoms with van der Waals surface area (Å²) in [4.78, 5) is 25.5. The molecule has 7 heteroatoms. The van der Waals surface area contributed by atoms with Gasteiger partial charge in [-0.1, -0.05) is 17.7 Å². The molecule has 96 valence electrons. The van der Waals surface area contributed by atoms with Crippen molar-refractivity contribution in [1.82, 2.24) is 4.98 Å². The van der Waals surface area contributed by atoms with Crippen molar-refractivity contribution in [2.75, 3.05) is 5.32 Å². The molecule has 1 amide bonds. The molecule has 0 aliphatic heterocycles. The van der Waals surface area contributed by atoms with Gasteiger partial charge in [0.1, 0.15) is 12.0 Å². The molecule has 2 aromatic rings. The van der Waals surface area contributed by atoms with Crippen LogP contribution >= 0.6 is 11.6 Å². The summed E-state index contributed by atoms with van der Waals surface area (Å²) in [5, 5.41) is 13.4. The molecule has 0 radical (unpaired) electrons. The molecule has 0 bridgehead atoms. The maximum Gasteiger partial charge on any atom is 0.287 e. The molecule has 0 unspecified atom stereocenters. The monoisotopic (exact) mass is 277 g/mol. The van der Waals surface area contributed by atoms with Gasteiger partial charge in [-0.15, -0.1) is 0 Å². The summed E-state index contributed by atoms with van der Waals surface area (Å²) in [7, 11) is 0. The van der Waals surface area contributed by atoms with Gasteiger partial charge in [0.25, 0.3) is 11.6 Å². The number of amides is 1. The zero-order chi connectivity index (χ0) is 13.8. The minimum Gasteiger partial charge on any atom is -0.307 e. The normalized spacial score (nSPS) is 9.95. The molecular formula is C12H8ClN3O3. The Morgan fingerprint density at radius 2 is 2.11 bits per heavy atom. The number of benzene rings is 1. The van der Waals surface area contributed by atoms with Crippen LogP contribution in [0.5, 0.6) is 0 Å². The lowest BCUT2D eigenvalue weighted by atomic mass is 10.2. The fraction of sp³-hybridized carbons (Fsp3) is 0. The molecule has 0 aliphatic carbocycles. The molecule has 1 aromatic heterocycles. The van der Waals surface area contributed by atoms with E-state index in [2.05, 4.69) is 10.3 Å². The van der Waals surface area contributed by atoms with Crippen molar-refractivity contribution >= 4 is 29.0 Å². The van der Waals surface area contributed by atoms with Crippen LogP contribution in [-0.2, 0) is 0 Å². The summed E-state index contributed by atoms with van der Waals surface area (Å²) in [6.45, 7) is 0. The SMILES string of the molecule is O=C(Nc1ccc([N+](=O)[O-])cn1)c1cccc(Cl)c1. The number of aromatic nitrogens is 1.